The van der Waals surface area contributed by atoms with Gasteiger partial charge in [-0.25, -0.2) is 4.79 Å². The Bertz CT molecular complexity index is 838. The molecule has 2 unspecified atom stereocenters. The minimum atomic E-state index is -0.280. The number of epoxide rings is 2. The van der Waals surface area contributed by atoms with Gasteiger partial charge in [0.25, 0.3) is 0 Å². The fourth-order valence-corrected chi connectivity index (χ4v) is 3.92. The molecule has 0 aromatic heterocycles. The van der Waals surface area contributed by atoms with E-state index in [0.717, 1.165) is 51.1 Å². The fraction of sp³-hybridized carbons (Fsp3) is 0.536. The van der Waals surface area contributed by atoms with Gasteiger partial charge in [0.2, 0.25) is 0 Å². The molecule has 0 saturated carbocycles. The van der Waals surface area contributed by atoms with E-state index in [2.05, 4.69) is 48.5 Å². The van der Waals surface area contributed by atoms with Crippen molar-refractivity contribution in [3.8, 4) is 16.9 Å². The molecule has 5 heteroatoms. The molecule has 0 aliphatic carbocycles. The van der Waals surface area contributed by atoms with E-state index in [4.69, 9.17) is 18.9 Å². The van der Waals surface area contributed by atoms with Crippen molar-refractivity contribution in [2.24, 2.45) is 0 Å². The average molecular weight is 453 g/mol. The molecule has 5 nitrogen and oxygen atoms in total. The summed E-state index contributed by atoms with van der Waals surface area (Å²) in [6, 6.07) is 17.3. The van der Waals surface area contributed by atoms with E-state index in [-0.39, 0.29) is 12.1 Å². The first-order valence-corrected chi connectivity index (χ1v) is 12.5. The fourth-order valence-electron chi connectivity index (χ4n) is 3.92. The lowest BCUT2D eigenvalue weighted by Gasteiger charge is -2.08. The summed E-state index contributed by atoms with van der Waals surface area (Å²) in [5, 5.41) is 0. The van der Waals surface area contributed by atoms with Gasteiger partial charge in [-0.1, -0.05) is 55.7 Å². The molecule has 178 valence electrons. The normalized spacial score (nSPS) is 18.7. The van der Waals surface area contributed by atoms with Gasteiger partial charge in [0.15, 0.2) is 6.10 Å². The Labute approximate surface area is 197 Å². The van der Waals surface area contributed by atoms with E-state index < -0.39 is 0 Å². The van der Waals surface area contributed by atoms with Gasteiger partial charge in [-0.2, -0.15) is 0 Å². The summed E-state index contributed by atoms with van der Waals surface area (Å²) < 4.78 is 21.2. The van der Waals surface area contributed by atoms with Crippen LogP contribution in [0.15, 0.2) is 48.5 Å². The number of esters is 1. The summed E-state index contributed by atoms with van der Waals surface area (Å²) >= 11 is 0. The van der Waals surface area contributed by atoms with Crippen LogP contribution in [0.2, 0.25) is 0 Å². The number of hydrogen-bond acceptors (Lipinski definition) is 5. The molecule has 2 aromatic rings. The second-order valence-electron chi connectivity index (χ2n) is 9.03. The monoisotopic (exact) mass is 452 g/mol. The molecular formula is C28H36O5. The molecule has 2 aliphatic heterocycles. The minimum Gasteiger partial charge on any atom is -0.494 e. The van der Waals surface area contributed by atoms with Gasteiger partial charge in [-0.05, 0) is 67.3 Å². The lowest BCUT2D eigenvalue weighted by Crippen LogP contribution is -2.12. The number of carbonyl (C=O) groups is 1. The summed E-state index contributed by atoms with van der Waals surface area (Å²) in [5.74, 6) is 0.738. The van der Waals surface area contributed by atoms with Gasteiger partial charge in [0.1, 0.15) is 5.75 Å². The summed E-state index contributed by atoms with van der Waals surface area (Å²) in [5.41, 5.74) is 3.84. The van der Waals surface area contributed by atoms with Gasteiger partial charge in [-0.15, -0.1) is 0 Å². The van der Waals surface area contributed by atoms with Crippen molar-refractivity contribution in [2.45, 2.75) is 70.0 Å². The second-order valence-corrected chi connectivity index (χ2v) is 9.03. The molecular weight excluding hydrogens is 416 g/mol. The summed E-state index contributed by atoms with van der Waals surface area (Å²) in [6.07, 6.45) is 10.4. The predicted molar refractivity (Wildman–Crippen MR) is 128 cm³/mol. The van der Waals surface area contributed by atoms with E-state index in [0.29, 0.717) is 19.3 Å². The van der Waals surface area contributed by atoms with Crippen LogP contribution in [0, 0.1) is 0 Å². The van der Waals surface area contributed by atoms with Gasteiger partial charge in [0.05, 0.1) is 32.5 Å². The average Bonchev–Trinajstić information content (AvgIpc) is 3.76. The van der Waals surface area contributed by atoms with Crippen LogP contribution < -0.4 is 4.74 Å². The first kappa shape index (κ1) is 23.8. The van der Waals surface area contributed by atoms with Crippen molar-refractivity contribution in [2.75, 3.05) is 26.4 Å². The molecule has 0 radical (unpaired) electrons. The molecule has 2 aromatic carbocycles. The Balaban J connectivity index is 1.06. The predicted octanol–water partition coefficient (Wildman–Crippen LogP) is 5.74. The topological polar surface area (TPSA) is 60.6 Å². The van der Waals surface area contributed by atoms with Crippen molar-refractivity contribution < 1.29 is 23.7 Å². The number of aryl methyl sites for hydroxylation is 1. The van der Waals surface area contributed by atoms with E-state index in [1.807, 2.05) is 0 Å². The van der Waals surface area contributed by atoms with Gasteiger partial charge in [-0.3, -0.25) is 0 Å². The maximum Gasteiger partial charge on any atom is 0.337 e. The maximum absolute atomic E-state index is 11.3. The number of hydrogen-bond donors (Lipinski definition) is 0. The Kier molecular flexibility index (Phi) is 9.19. The number of carbonyl (C=O) groups excluding carboxylic acids is 1. The third kappa shape index (κ3) is 8.82. The zero-order chi connectivity index (χ0) is 22.7. The highest BCUT2D eigenvalue weighted by Gasteiger charge is 2.32. The summed E-state index contributed by atoms with van der Waals surface area (Å²) in [6.45, 7) is 2.76. The van der Waals surface area contributed by atoms with Crippen molar-refractivity contribution in [1.82, 2.24) is 0 Å². The molecule has 2 atom stereocenters. The molecule has 33 heavy (non-hydrogen) atoms. The van der Waals surface area contributed by atoms with Crippen molar-refractivity contribution in [3.05, 3.63) is 54.1 Å². The molecule has 4 rings (SSSR count). The van der Waals surface area contributed by atoms with Crippen molar-refractivity contribution in [3.63, 3.8) is 0 Å². The smallest absolute Gasteiger partial charge is 0.337 e. The van der Waals surface area contributed by atoms with E-state index in [1.165, 1.54) is 42.4 Å². The number of benzene rings is 2. The van der Waals surface area contributed by atoms with Crippen LogP contribution in [0.1, 0.15) is 56.9 Å². The van der Waals surface area contributed by atoms with E-state index >= 15 is 0 Å². The minimum absolute atomic E-state index is 0.201. The van der Waals surface area contributed by atoms with Crippen LogP contribution in [0.25, 0.3) is 11.1 Å². The number of ether oxygens (including phenoxy) is 4. The van der Waals surface area contributed by atoms with Crippen LogP contribution in [0.3, 0.4) is 0 Å². The SMILES string of the molecule is O=C(OCCCCCCCc1ccc(-c2ccc(OCCCCC3CO3)cc2)cc1)C1CO1. The maximum atomic E-state index is 11.3. The van der Waals surface area contributed by atoms with E-state index in [1.54, 1.807) is 0 Å². The first-order valence-electron chi connectivity index (χ1n) is 12.5. The van der Waals surface area contributed by atoms with Crippen LogP contribution in [-0.4, -0.2) is 44.6 Å². The second kappa shape index (κ2) is 12.8. The van der Waals surface area contributed by atoms with Gasteiger partial charge in [0, 0.05) is 0 Å². The van der Waals surface area contributed by atoms with Crippen molar-refractivity contribution >= 4 is 5.97 Å². The molecule has 2 fully saturated rings. The number of unbranched alkanes of at least 4 members (excludes halogenated alkanes) is 5. The summed E-state index contributed by atoms with van der Waals surface area (Å²) in [7, 11) is 0. The molecule has 0 bridgehead atoms. The summed E-state index contributed by atoms with van der Waals surface area (Å²) in [4.78, 5) is 11.3. The largest absolute Gasteiger partial charge is 0.494 e. The van der Waals surface area contributed by atoms with E-state index in [9.17, 15) is 4.79 Å². The molecule has 2 saturated heterocycles. The highest BCUT2D eigenvalue weighted by atomic mass is 16.6. The zero-order valence-electron chi connectivity index (χ0n) is 19.5. The lowest BCUT2D eigenvalue weighted by molar-refractivity contribution is -0.145. The zero-order valence-corrected chi connectivity index (χ0v) is 19.5. The van der Waals surface area contributed by atoms with Gasteiger partial charge < -0.3 is 18.9 Å². The third-order valence-electron chi connectivity index (χ3n) is 6.18. The standard InChI is InChI=1S/C28H36O5/c29-28(27-21-33-27)31-19-6-3-1-2-4-8-22-10-12-23(13-11-22)24-14-16-25(17-15-24)30-18-7-5-9-26-20-32-26/h10-17,26-27H,1-9,18-21H2. The van der Waals surface area contributed by atoms with Gasteiger partial charge >= 0.3 is 5.97 Å². The van der Waals surface area contributed by atoms with Crippen LogP contribution in [-0.2, 0) is 25.4 Å². The van der Waals surface area contributed by atoms with Crippen LogP contribution in [0.4, 0.5) is 0 Å². The van der Waals surface area contributed by atoms with Crippen molar-refractivity contribution in [1.29, 1.82) is 0 Å². The third-order valence-corrected chi connectivity index (χ3v) is 6.18. The Morgan fingerprint density at radius 1 is 0.758 bits per heavy atom. The highest BCUT2D eigenvalue weighted by Crippen LogP contribution is 2.24. The molecule has 0 spiro atoms. The quantitative estimate of drug-likeness (QED) is 0.185. The first-order chi connectivity index (χ1) is 16.3. The Hall–Kier alpha value is -2.37. The highest BCUT2D eigenvalue weighted by molar-refractivity contribution is 5.76. The van der Waals surface area contributed by atoms with Crippen LogP contribution in [0.5, 0.6) is 5.75 Å². The lowest BCUT2D eigenvalue weighted by atomic mass is 10.0. The molecule has 0 amide bonds. The molecule has 2 heterocycles. The Morgan fingerprint density at radius 3 is 2.09 bits per heavy atom. The Morgan fingerprint density at radius 2 is 1.39 bits per heavy atom. The van der Waals surface area contributed by atoms with Crippen LogP contribution >= 0.6 is 0 Å². The number of rotatable bonds is 16. The molecule has 0 N–H and O–H groups in total. The molecule has 2 aliphatic rings.